The topological polar surface area (TPSA) is 55.7 Å². The van der Waals surface area contributed by atoms with E-state index in [1.165, 1.54) is 33.3 Å². The van der Waals surface area contributed by atoms with Crippen molar-refractivity contribution in [2.75, 3.05) is 33.9 Å². The van der Waals surface area contributed by atoms with Crippen LogP contribution in [0.3, 0.4) is 0 Å². The molecule has 1 aliphatic carbocycles. The molecule has 2 fully saturated rings. The van der Waals surface area contributed by atoms with Crippen LogP contribution in [-0.4, -0.2) is 61.4 Å². The lowest BCUT2D eigenvalue weighted by Crippen LogP contribution is -2.53. The summed E-state index contributed by atoms with van der Waals surface area (Å²) in [5, 5.41) is 4.74. The van der Waals surface area contributed by atoms with Crippen LogP contribution in [0.5, 0.6) is 0 Å². The number of piperidine rings is 1. The van der Waals surface area contributed by atoms with Crippen LogP contribution in [0, 0.1) is 5.92 Å². The zero-order valence-electron chi connectivity index (χ0n) is 24.2. The van der Waals surface area contributed by atoms with Crippen LogP contribution >= 0.6 is 0 Å². The first-order valence-electron chi connectivity index (χ1n) is 14.9. The van der Waals surface area contributed by atoms with Gasteiger partial charge in [-0.1, -0.05) is 72.8 Å². The second kappa shape index (κ2) is 12.6. The van der Waals surface area contributed by atoms with Crippen molar-refractivity contribution in [2.24, 2.45) is 5.92 Å². The van der Waals surface area contributed by atoms with E-state index < -0.39 is 0 Å². The molecule has 1 amide bonds. The molecule has 41 heavy (non-hydrogen) atoms. The number of hydrogen-bond acceptors (Lipinski definition) is 4. The van der Waals surface area contributed by atoms with Gasteiger partial charge in [0.25, 0.3) is 0 Å². The average Bonchev–Trinajstić information content (AvgIpc) is 3.81. The van der Waals surface area contributed by atoms with Crippen molar-refractivity contribution in [1.29, 1.82) is 0 Å². The molecule has 0 unspecified atom stereocenters. The molecule has 0 bridgehead atoms. The van der Waals surface area contributed by atoms with Gasteiger partial charge < -0.3 is 24.3 Å². The first kappa shape index (κ1) is 27.7. The average molecular weight is 552 g/mol. The van der Waals surface area contributed by atoms with E-state index in [0.29, 0.717) is 25.7 Å². The van der Waals surface area contributed by atoms with E-state index >= 15 is 0 Å². The Labute approximate surface area is 243 Å². The molecular formula is C35H41N3O3. The molecule has 214 valence electrons. The number of rotatable bonds is 11. The van der Waals surface area contributed by atoms with Crippen molar-refractivity contribution in [3.63, 3.8) is 0 Å². The summed E-state index contributed by atoms with van der Waals surface area (Å²) in [6.07, 6.45) is 2.99. The van der Waals surface area contributed by atoms with E-state index in [-0.39, 0.29) is 23.8 Å². The van der Waals surface area contributed by atoms with Gasteiger partial charge in [0.15, 0.2) is 0 Å². The molecule has 3 atom stereocenters. The first-order chi connectivity index (χ1) is 20.2. The van der Waals surface area contributed by atoms with Gasteiger partial charge in [-0.25, -0.2) is 0 Å². The largest absolute Gasteiger partial charge is 0.385 e. The molecule has 1 aliphatic heterocycles. The number of methoxy groups -OCH3 is 2. The maximum absolute atomic E-state index is 14.6. The normalized spacial score (nSPS) is 20.8. The number of carbonyl (C=O) groups excluding carboxylic acids is 1. The van der Waals surface area contributed by atoms with Gasteiger partial charge in [-0.15, -0.1) is 0 Å². The zero-order chi connectivity index (χ0) is 28.2. The molecule has 0 spiro atoms. The van der Waals surface area contributed by atoms with Crippen molar-refractivity contribution >= 4 is 16.8 Å². The highest BCUT2D eigenvalue weighted by atomic mass is 16.5. The van der Waals surface area contributed by atoms with Gasteiger partial charge in [-0.2, -0.15) is 0 Å². The minimum Gasteiger partial charge on any atom is -0.385 e. The van der Waals surface area contributed by atoms with Crippen LogP contribution in [0.15, 0.2) is 84.9 Å². The molecule has 2 heterocycles. The Morgan fingerprint density at radius 3 is 2.49 bits per heavy atom. The summed E-state index contributed by atoms with van der Waals surface area (Å²) >= 11 is 0. The quantitative estimate of drug-likeness (QED) is 0.238. The maximum Gasteiger partial charge on any atom is 0.228 e. The predicted molar refractivity (Wildman–Crippen MR) is 164 cm³/mol. The Hall–Kier alpha value is -3.45. The second-order valence-electron chi connectivity index (χ2n) is 11.4. The summed E-state index contributed by atoms with van der Waals surface area (Å²) in [4.78, 5) is 16.7. The minimum atomic E-state index is -0.202. The van der Waals surface area contributed by atoms with Gasteiger partial charge in [0.1, 0.15) is 0 Å². The molecule has 6 nitrogen and oxygen atoms in total. The van der Waals surface area contributed by atoms with E-state index in [4.69, 9.17) is 9.47 Å². The first-order valence-corrected chi connectivity index (χ1v) is 14.9. The van der Waals surface area contributed by atoms with Crippen LogP contribution in [0.4, 0.5) is 0 Å². The Balaban J connectivity index is 1.32. The van der Waals surface area contributed by atoms with Crippen LogP contribution in [0.25, 0.3) is 22.0 Å². The summed E-state index contributed by atoms with van der Waals surface area (Å²) in [7, 11) is 3.52. The molecule has 6 heteroatoms. The molecule has 1 saturated carbocycles. The lowest BCUT2D eigenvalue weighted by molar-refractivity contribution is -0.140. The van der Waals surface area contributed by atoms with E-state index in [2.05, 4.69) is 93.6 Å². The number of para-hydroxylation sites is 1. The highest BCUT2D eigenvalue weighted by Crippen LogP contribution is 2.38. The lowest BCUT2D eigenvalue weighted by atomic mass is 9.77. The van der Waals surface area contributed by atoms with E-state index in [0.717, 1.165) is 32.4 Å². The third-order valence-electron chi connectivity index (χ3n) is 8.77. The van der Waals surface area contributed by atoms with Crippen LogP contribution in [-0.2, 0) is 27.4 Å². The monoisotopic (exact) mass is 551 g/mol. The van der Waals surface area contributed by atoms with Gasteiger partial charge in [0, 0.05) is 63.6 Å². The number of aromatic nitrogens is 1. The van der Waals surface area contributed by atoms with Crippen molar-refractivity contribution in [3.05, 3.63) is 96.2 Å². The van der Waals surface area contributed by atoms with Crippen molar-refractivity contribution in [2.45, 2.75) is 50.4 Å². The molecule has 6 rings (SSSR count). The number of amides is 1. The second-order valence-corrected chi connectivity index (χ2v) is 11.4. The Bertz CT molecular complexity index is 1460. The number of ether oxygens (including phenoxy) is 2. The third kappa shape index (κ3) is 5.96. The molecule has 0 radical (unpaired) electrons. The molecule has 1 aromatic heterocycles. The standard InChI is InChI=1S/C35H41N3O3/c1-40-19-9-18-37-30(21-27-12-6-7-15-32(27)37)24-38(29-16-17-29)35(39)31-22-36-23-33(41-2)34(31)28-14-8-13-26(20-28)25-10-4-3-5-11-25/h3-8,10-15,20-21,29,31,33-34,36H,9,16-19,22-24H2,1-2H3/t31-,33+,34+/m0/s1. The summed E-state index contributed by atoms with van der Waals surface area (Å²) < 4.78 is 13.8. The highest BCUT2D eigenvalue weighted by Gasteiger charge is 2.44. The third-order valence-corrected chi connectivity index (χ3v) is 8.77. The summed E-state index contributed by atoms with van der Waals surface area (Å²) in [5.41, 5.74) is 5.93. The number of benzene rings is 3. The SMILES string of the molecule is COCCCn1c(CN(C(=O)[C@H]2CNC[C@@H](OC)[C@@H]2c2cccc(-c3ccccc3)c2)C2CC2)cc2ccccc21. The van der Waals surface area contributed by atoms with Crippen molar-refractivity contribution in [1.82, 2.24) is 14.8 Å². The lowest BCUT2D eigenvalue weighted by Gasteiger charge is -2.40. The number of carbonyl (C=O) groups is 1. The zero-order valence-corrected chi connectivity index (χ0v) is 24.2. The van der Waals surface area contributed by atoms with Crippen LogP contribution < -0.4 is 5.32 Å². The Morgan fingerprint density at radius 1 is 0.927 bits per heavy atom. The fourth-order valence-corrected chi connectivity index (χ4v) is 6.56. The molecule has 4 aromatic rings. The number of fused-ring (bicyclic) bond motifs is 1. The maximum atomic E-state index is 14.6. The summed E-state index contributed by atoms with van der Waals surface area (Å²) in [6.45, 7) is 3.59. The smallest absolute Gasteiger partial charge is 0.228 e. The van der Waals surface area contributed by atoms with Crippen LogP contribution in [0.1, 0.15) is 36.4 Å². The van der Waals surface area contributed by atoms with Gasteiger partial charge in [0.2, 0.25) is 5.91 Å². The fourth-order valence-electron chi connectivity index (χ4n) is 6.56. The van der Waals surface area contributed by atoms with E-state index in [1.54, 1.807) is 14.2 Å². The molecule has 3 aromatic carbocycles. The van der Waals surface area contributed by atoms with Gasteiger partial charge in [-0.05, 0) is 53.5 Å². The number of hydrogen-bond donors (Lipinski definition) is 1. The van der Waals surface area contributed by atoms with Crippen LogP contribution in [0.2, 0.25) is 0 Å². The number of aryl methyl sites for hydroxylation is 1. The predicted octanol–water partition coefficient (Wildman–Crippen LogP) is 5.85. The van der Waals surface area contributed by atoms with Crippen molar-refractivity contribution < 1.29 is 14.3 Å². The highest BCUT2D eigenvalue weighted by molar-refractivity contribution is 5.83. The number of nitrogens with zero attached hydrogens (tertiary/aromatic N) is 2. The summed E-state index contributed by atoms with van der Waals surface area (Å²) in [6, 6.07) is 30.2. The van der Waals surface area contributed by atoms with Gasteiger partial charge in [-0.3, -0.25) is 4.79 Å². The van der Waals surface area contributed by atoms with Gasteiger partial charge in [0.05, 0.1) is 18.6 Å². The molecular weight excluding hydrogens is 510 g/mol. The molecule has 1 N–H and O–H groups in total. The molecule has 2 aliphatic rings. The Morgan fingerprint density at radius 2 is 1.71 bits per heavy atom. The minimum absolute atomic E-state index is 0.0220. The summed E-state index contributed by atoms with van der Waals surface area (Å²) in [5.74, 6) is 0.00317. The van der Waals surface area contributed by atoms with Gasteiger partial charge >= 0.3 is 0 Å². The number of nitrogens with one attached hydrogen (secondary N) is 1. The van der Waals surface area contributed by atoms with E-state index in [1.807, 2.05) is 6.07 Å². The molecule has 1 saturated heterocycles. The van der Waals surface area contributed by atoms with Crippen molar-refractivity contribution in [3.8, 4) is 11.1 Å². The Kier molecular flexibility index (Phi) is 8.51. The van der Waals surface area contributed by atoms with E-state index in [9.17, 15) is 4.79 Å². The fraction of sp³-hybridized carbons (Fsp3) is 0.400.